The molecule has 1 aromatic carbocycles. The lowest BCUT2D eigenvalue weighted by atomic mass is 9.73. The summed E-state index contributed by atoms with van der Waals surface area (Å²) in [6, 6.07) is 7.88. The Morgan fingerprint density at radius 3 is 2.76 bits per heavy atom. The van der Waals surface area contributed by atoms with Crippen LogP contribution in [0.2, 0.25) is 5.02 Å². The van der Waals surface area contributed by atoms with E-state index in [1.165, 1.54) is 11.1 Å². The molecule has 2 aliphatic heterocycles. The lowest BCUT2D eigenvalue weighted by molar-refractivity contribution is 0.0977. The van der Waals surface area contributed by atoms with Crippen LogP contribution in [0.15, 0.2) is 36.7 Å². The first kappa shape index (κ1) is 21.4. The summed E-state index contributed by atoms with van der Waals surface area (Å²) >= 11 is 6.22. The molecule has 9 nitrogen and oxygen atoms in total. The van der Waals surface area contributed by atoms with E-state index in [0.29, 0.717) is 12.4 Å². The molecule has 10 heteroatoms. The monoisotopic (exact) mass is 478 g/mol. The molecule has 176 valence electrons. The molecular weight excluding hydrogens is 452 g/mol. The number of carbonyl (C=O) groups is 1. The first-order chi connectivity index (χ1) is 16.4. The van der Waals surface area contributed by atoms with E-state index in [1.54, 1.807) is 17.3 Å². The quantitative estimate of drug-likeness (QED) is 0.581. The predicted molar refractivity (Wildman–Crippen MR) is 131 cm³/mol. The van der Waals surface area contributed by atoms with Gasteiger partial charge in [0.2, 0.25) is 0 Å². The Hall–Kier alpha value is -3.17. The van der Waals surface area contributed by atoms with Crippen LogP contribution in [0.3, 0.4) is 0 Å². The highest BCUT2D eigenvalue weighted by atomic mass is 35.5. The lowest BCUT2D eigenvalue weighted by Crippen LogP contribution is -2.44. The van der Waals surface area contributed by atoms with Gasteiger partial charge in [-0.25, -0.2) is 14.6 Å². The number of nitrogens with two attached hydrogens (primary N) is 2. The third kappa shape index (κ3) is 3.33. The summed E-state index contributed by atoms with van der Waals surface area (Å²) < 4.78 is 1.82. The Labute approximate surface area is 202 Å². The van der Waals surface area contributed by atoms with Crippen molar-refractivity contribution in [3.05, 3.63) is 58.5 Å². The van der Waals surface area contributed by atoms with Crippen molar-refractivity contribution in [3.8, 4) is 0 Å². The fourth-order valence-corrected chi connectivity index (χ4v) is 5.95. The number of rotatable bonds is 2. The second-order valence-corrected chi connectivity index (χ2v) is 9.97. The summed E-state index contributed by atoms with van der Waals surface area (Å²) in [5.41, 5.74) is 15.6. The van der Waals surface area contributed by atoms with E-state index in [0.717, 1.165) is 56.2 Å². The Morgan fingerprint density at radius 1 is 1.15 bits per heavy atom. The van der Waals surface area contributed by atoms with Crippen molar-refractivity contribution in [2.45, 2.75) is 38.3 Å². The average Bonchev–Trinajstić information content (AvgIpc) is 3.43. The van der Waals surface area contributed by atoms with Crippen molar-refractivity contribution in [1.29, 1.82) is 0 Å². The average molecular weight is 479 g/mol. The molecule has 4 N–H and O–H groups in total. The van der Waals surface area contributed by atoms with Gasteiger partial charge in [-0.3, -0.25) is 9.69 Å². The largest absolute Gasteiger partial charge is 0.382 e. The van der Waals surface area contributed by atoms with Crippen LogP contribution in [0, 0.1) is 5.41 Å². The second kappa shape index (κ2) is 7.95. The third-order valence-corrected chi connectivity index (χ3v) is 7.92. The molecule has 1 fully saturated rings. The van der Waals surface area contributed by atoms with E-state index in [1.807, 2.05) is 22.9 Å². The van der Waals surface area contributed by atoms with Crippen LogP contribution in [0.1, 0.15) is 46.9 Å². The zero-order valence-electron chi connectivity index (χ0n) is 18.8. The molecule has 1 atom stereocenters. The molecule has 0 saturated carbocycles. The Kier molecular flexibility index (Phi) is 5.00. The number of fused-ring (bicyclic) bond motifs is 2. The number of halogens is 1. The first-order valence-corrected chi connectivity index (χ1v) is 12.1. The van der Waals surface area contributed by atoms with E-state index in [4.69, 9.17) is 23.1 Å². The molecule has 1 amide bonds. The maximum atomic E-state index is 13.2. The van der Waals surface area contributed by atoms with E-state index < -0.39 is 0 Å². The van der Waals surface area contributed by atoms with E-state index in [9.17, 15) is 4.79 Å². The summed E-state index contributed by atoms with van der Waals surface area (Å²) in [4.78, 5) is 26.0. The van der Waals surface area contributed by atoms with Gasteiger partial charge >= 0.3 is 0 Å². The number of carbonyl (C=O) groups excluding carboxylic acids is 1. The van der Waals surface area contributed by atoms with Gasteiger partial charge in [0, 0.05) is 43.3 Å². The van der Waals surface area contributed by atoms with E-state index in [2.05, 4.69) is 26.0 Å². The van der Waals surface area contributed by atoms with Gasteiger partial charge in [0.05, 0.1) is 12.4 Å². The van der Waals surface area contributed by atoms with Gasteiger partial charge in [0.15, 0.2) is 11.5 Å². The fourth-order valence-electron chi connectivity index (χ4n) is 5.77. The van der Waals surface area contributed by atoms with Crippen molar-refractivity contribution in [1.82, 2.24) is 19.7 Å². The molecule has 1 spiro atoms. The second-order valence-electron chi connectivity index (χ2n) is 9.53. The zero-order valence-corrected chi connectivity index (χ0v) is 19.6. The number of aryl methyl sites for hydroxylation is 1. The maximum absolute atomic E-state index is 13.2. The van der Waals surface area contributed by atoms with Crippen LogP contribution in [0.5, 0.6) is 0 Å². The summed E-state index contributed by atoms with van der Waals surface area (Å²) in [7, 11) is 0. The highest BCUT2D eigenvalue weighted by Crippen LogP contribution is 2.51. The molecule has 6 rings (SSSR count). The van der Waals surface area contributed by atoms with Gasteiger partial charge in [0.25, 0.3) is 5.91 Å². The molecule has 1 saturated heterocycles. The molecule has 3 aliphatic rings. The van der Waals surface area contributed by atoms with Crippen LogP contribution in [0.4, 0.5) is 17.5 Å². The molecule has 1 unspecified atom stereocenters. The molecule has 2 aromatic heterocycles. The minimum atomic E-state index is -0.246. The normalized spacial score (nSPS) is 20.9. The van der Waals surface area contributed by atoms with Crippen molar-refractivity contribution >= 4 is 35.0 Å². The summed E-state index contributed by atoms with van der Waals surface area (Å²) in [5, 5.41) is 5.00. The molecular formula is C24H27ClN8O. The number of hydrogen-bond acceptors (Lipinski definition) is 7. The van der Waals surface area contributed by atoms with Crippen LogP contribution >= 0.6 is 11.6 Å². The molecule has 1 aliphatic carbocycles. The van der Waals surface area contributed by atoms with Gasteiger partial charge in [-0.1, -0.05) is 17.7 Å². The molecule has 0 bridgehead atoms. The number of nitrogens with zero attached hydrogens (tertiary/aromatic N) is 6. The predicted octanol–water partition coefficient (Wildman–Crippen LogP) is 2.80. The number of hydrogen-bond donors (Lipinski definition) is 2. The minimum Gasteiger partial charge on any atom is -0.382 e. The smallest absolute Gasteiger partial charge is 0.281 e. The number of benzene rings is 1. The maximum Gasteiger partial charge on any atom is 0.281 e. The number of piperidine rings is 1. The van der Waals surface area contributed by atoms with E-state index >= 15 is 0 Å². The number of amides is 1. The van der Waals surface area contributed by atoms with Crippen molar-refractivity contribution in [2.75, 3.05) is 35.2 Å². The van der Waals surface area contributed by atoms with Crippen LogP contribution in [0.25, 0.3) is 0 Å². The van der Waals surface area contributed by atoms with Gasteiger partial charge in [-0.2, -0.15) is 5.10 Å². The zero-order chi connectivity index (χ0) is 23.4. The lowest BCUT2D eigenvalue weighted by Gasteiger charge is -2.42. The topological polar surface area (TPSA) is 119 Å². The first-order valence-electron chi connectivity index (χ1n) is 11.7. The Balaban J connectivity index is 1.17. The van der Waals surface area contributed by atoms with Crippen molar-refractivity contribution in [2.24, 2.45) is 11.1 Å². The number of nitrogen functional groups attached to an aromatic ring is 1. The van der Waals surface area contributed by atoms with Gasteiger partial charge < -0.3 is 16.4 Å². The highest BCUT2D eigenvalue weighted by Gasteiger charge is 2.46. The SMILES string of the molecule is Nc1nc(N2CCC3(CC2)Cc2ccc(Cl)cc2C3N)cnc1C(=O)N1CCCn2nccc21. The standard InChI is InChI=1S/C24H27ClN8O/c25-16-3-2-15-13-24(21(26)17(15)12-16)5-10-31(11-6-24)18-14-28-20(22(27)30-18)23(34)32-8-1-9-33-19(32)4-7-29-33/h2-4,7,12,14,21H,1,5-6,8-11,13,26H2,(H2,27,30). The minimum absolute atomic E-state index is 0.0162. The fraction of sp³-hybridized carbons (Fsp3) is 0.417. The van der Waals surface area contributed by atoms with Crippen molar-refractivity contribution < 1.29 is 4.79 Å². The summed E-state index contributed by atoms with van der Waals surface area (Å²) in [5.74, 6) is 1.36. The number of aromatic nitrogens is 4. The van der Waals surface area contributed by atoms with Gasteiger partial charge in [0.1, 0.15) is 11.6 Å². The van der Waals surface area contributed by atoms with Crippen LogP contribution in [-0.4, -0.2) is 45.3 Å². The van der Waals surface area contributed by atoms with Crippen molar-refractivity contribution in [3.63, 3.8) is 0 Å². The van der Waals surface area contributed by atoms with Gasteiger partial charge in [-0.05, 0) is 54.4 Å². The van der Waals surface area contributed by atoms with Crippen LogP contribution < -0.4 is 21.3 Å². The molecule has 0 radical (unpaired) electrons. The molecule has 3 aromatic rings. The number of anilines is 3. The van der Waals surface area contributed by atoms with E-state index in [-0.39, 0.29) is 28.9 Å². The molecule has 34 heavy (non-hydrogen) atoms. The summed E-state index contributed by atoms with van der Waals surface area (Å²) in [6.07, 6.45) is 7.06. The summed E-state index contributed by atoms with van der Waals surface area (Å²) in [6.45, 7) is 3.02. The third-order valence-electron chi connectivity index (χ3n) is 7.69. The van der Waals surface area contributed by atoms with Gasteiger partial charge in [-0.15, -0.1) is 0 Å². The highest BCUT2D eigenvalue weighted by molar-refractivity contribution is 6.30. The Morgan fingerprint density at radius 2 is 1.97 bits per heavy atom. The Bertz CT molecular complexity index is 1270. The van der Waals surface area contributed by atoms with Crippen LogP contribution in [-0.2, 0) is 13.0 Å². The molecule has 4 heterocycles.